The number of hydrogen-bond acceptors (Lipinski definition) is 3. The van der Waals surface area contributed by atoms with E-state index in [4.69, 9.17) is 14.6 Å². The first-order valence-electron chi connectivity index (χ1n) is 6.82. The van der Waals surface area contributed by atoms with Gasteiger partial charge in [-0.1, -0.05) is 28.1 Å². The second kappa shape index (κ2) is 6.03. The highest BCUT2D eigenvalue weighted by molar-refractivity contribution is 9.10. The minimum absolute atomic E-state index is 0.147. The molecule has 5 heteroatoms. The predicted octanol–water partition coefficient (Wildman–Crippen LogP) is 3.61. The smallest absolute Gasteiger partial charge is 0.332 e. The van der Waals surface area contributed by atoms with E-state index in [1.807, 2.05) is 30.3 Å². The summed E-state index contributed by atoms with van der Waals surface area (Å²) in [5, 5.41) is 11.1. The maximum Gasteiger partial charge on any atom is 0.332 e. The average Bonchev–Trinajstić information content (AvgIpc) is 2.94. The summed E-state index contributed by atoms with van der Waals surface area (Å²) in [6, 6.07) is 12.0. The van der Waals surface area contributed by atoms with Gasteiger partial charge in [0.25, 0.3) is 0 Å². The first-order chi connectivity index (χ1) is 10.1. The number of carboxylic acid groups (broad SMARTS) is 1. The summed E-state index contributed by atoms with van der Waals surface area (Å²) in [6.07, 6.45) is 0.436. The average molecular weight is 351 g/mol. The zero-order chi connectivity index (χ0) is 14.8. The third-order valence-corrected chi connectivity index (χ3v) is 4.09. The summed E-state index contributed by atoms with van der Waals surface area (Å²) in [5.41, 5.74) is 0. The molecule has 1 aliphatic heterocycles. The highest BCUT2D eigenvalue weighted by Crippen LogP contribution is 2.25. The summed E-state index contributed by atoms with van der Waals surface area (Å²) in [7, 11) is 0. The fourth-order valence-electron chi connectivity index (χ4n) is 2.48. The van der Waals surface area contributed by atoms with Crippen molar-refractivity contribution in [2.24, 2.45) is 0 Å². The minimum atomic E-state index is -0.895. The van der Waals surface area contributed by atoms with Gasteiger partial charge in [0.05, 0.1) is 6.10 Å². The molecule has 2 aromatic carbocycles. The van der Waals surface area contributed by atoms with E-state index in [2.05, 4.69) is 22.0 Å². The van der Waals surface area contributed by atoms with Crippen LogP contribution in [0.25, 0.3) is 10.8 Å². The number of carbonyl (C=O) groups is 1. The van der Waals surface area contributed by atoms with Crippen LogP contribution in [0.3, 0.4) is 0 Å². The lowest BCUT2D eigenvalue weighted by atomic mass is 10.1. The molecule has 0 aliphatic carbocycles. The number of halogens is 1. The molecule has 0 spiro atoms. The van der Waals surface area contributed by atoms with Crippen LogP contribution in [0.2, 0.25) is 0 Å². The Morgan fingerprint density at radius 1 is 1.24 bits per heavy atom. The van der Waals surface area contributed by atoms with Crippen molar-refractivity contribution in [3.8, 4) is 5.75 Å². The third-order valence-electron chi connectivity index (χ3n) is 3.59. The van der Waals surface area contributed by atoms with Gasteiger partial charge in [-0.3, -0.25) is 0 Å². The van der Waals surface area contributed by atoms with Gasteiger partial charge in [-0.2, -0.15) is 0 Å². The minimum Gasteiger partial charge on any atom is -0.491 e. The van der Waals surface area contributed by atoms with Crippen LogP contribution in [0, 0.1) is 0 Å². The van der Waals surface area contributed by atoms with E-state index >= 15 is 0 Å². The number of carboxylic acids is 1. The zero-order valence-electron chi connectivity index (χ0n) is 11.3. The number of ether oxygens (including phenoxy) is 2. The number of hydrogen-bond donors (Lipinski definition) is 1. The molecule has 1 saturated heterocycles. The van der Waals surface area contributed by atoms with Crippen molar-refractivity contribution < 1.29 is 19.4 Å². The Kier molecular flexibility index (Phi) is 4.12. The third kappa shape index (κ3) is 3.36. The van der Waals surface area contributed by atoms with Crippen molar-refractivity contribution in [2.45, 2.75) is 25.0 Å². The zero-order valence-corrected chi connectivity index (χ0v) is 12.9. The summed E-state index contributed by atoms with van der Waals surface area (Å²) >= 11 is 3.45. The number of benzene rings is 2. The van der Waals surface area contributed by atoms with Gasteiger partial charge in [0, 0.05) is 4.47 Å². The van der Waals surface area contributed by atoms with Crippen LogP contribution in [0.1, 0.15) is 12.8 Å². The quantitative estimate of drug-likeness (QED) is 0.914. The Balaban J connectivity index is 1.63. The molecule has 0 radical (unpaired) electrons. The molecule has 2 unspecified atom stereocenters. The molecular formula is C16H15BrO4. The van der Waals surface area contributed by atoms with E-state index < -0.39 is 12.1 Å². The van der Waals surface area contributed by atoms with Gasteiger partial charge in [0.15, 0.2) is 6.10 Å². The second-order valence-corrected chi connectivity index (χ2v) is 6.04. The number of rotatable bonds is 4. The normalized spacial score (nSPS) is 21.6. The second-order valence-electron chi connectivity index (χ2n) is 5.13. The van der Waals surface area contributed by atoms with E-state index in [0.717, 1.165) is 27.4 Å². The number of fused-ring (bicyclic) bond motifs is 1. The van der Waals surface area contributed by atoms with Crippen molar-refractivity contribution in [2.75, 3.05) is 6.61 Å². The van der Waals surface area contributed by atoms with Gasteiger partial charge in [-0.25, -0.2) is 4.79 Å². The lowest BCUT2D eigenvalue weighted by Gasteiger charge is -2.13. The van der Waals surface area contributed by atoms with Crippen molar-refractivity contribution in [3.05, 3.63) is 40.9 Å². The van der Waals surface area contributed by atoms with Gasteiger partial charge in [0.2, 0.25) is 0 Å². The molecule has 0 amide bonds. The Morgan fingerprint density at radius 2 is 2.00 bits per heavy atom. The molecule has 4 nitrogen and oxygen atoms in total. The van der Waals surface area contributed by atoms with Crippen LogP contribution >= 0.6 is 15.9 Å². The van der Waals surface area contributed by atoms with Gasteiger partial charge in [-0.05, 0) is 47.9 Å². The molecule has 1 aliphatic rings. The Labute approximate surface area is 130 Å². The molecule has 1 fully saturated rings. The summed E-state index contributed by atoms with van der Waals surface area (Å²) in [5.74, 6) is -0.124. The van der Waals surface area contributed by atoms with Gasteiger partial charge in [0.1, 0.15) is 12.4 Å². The van der Waals surface area contributed by atoms with Gasteiger partial charge >= 0.3 is 5.97 Å². The fourth-order valence-corrected chi connectivity index (χ4v) is 2.86. The Bertz CT molecular complexity index is 670. The van der Waals surface area contributed by atoms with Gasteiger partial charge < -0.3 is 14.6 Å². The molecule has 21 heavy (non-hydrogen) atoms. The molecule has 2 atom stereocenters. The van der Waals surface area contributed by atoms with Gasteiger partial charge in [-0.15, -0.1) is 0 Å². The standard InChI is InChI=1S/C16H15BrO4/c17-12-3-1-11-8-13(4-2-10(11)7-12)20-9-14-5-6-15(21-14)16(18)19/h1-4,7-8,14-15H,5-6,9H2,(H,18,19). The summed E-state index contributed by atoms with van der Waals surface area (Å²) in [6.45, 7) is 0.381. The summed E-state index contributed by atoms with van der Waals surface area (Å²) in [4.78, 5) is 10.8. The van der Waals surface area contributed by atoms with Crippen molar-refractivity contribution in [1.82, 2.24) is 0 Å². The topological polar surface area (TPSA) is 55.8 Å². The number of aliphatic carboxylic acids is 1. The van der Waals surface area contributed by atoms with Crippen LogP contribution in [-0.4, -0.2) is 29.9 Å². The highest BCUT2D eigenvalue weighted by Gasteiger charge is 2.30. The Hall–Kier alpha value is -1.59. The van der Waals surface area contributed by atoms with E-state index in [1.54, 1.807) is 0 Å². The molecule has 110 valence electrons. The monoisotopic (exact) mass is 350 g/mol. The van der Waals surface area contributed by atoms with Crippen LogP contribution in [-0.2, 0) is 9.53 Å². The maximum absolute atomic E-state index is 10.8. The van der Waals surface area contributed by atoms with E-state index in [0.29, 0.717) is 13.0 Å². The maximum atomic E-state index is 10.8. The molecule has 0 aromatic heterocycles. The van der Waals surface area contributed by atoms with E-state index in [-0.39, 0.29) is 6.10 Å². The molecule has 1 N–H and O–H groups in total. The van der Waals surface area contributed by atoms with E-state index in [1.165, 1.54) is 0 Å². The molecule has 2 aromatic rings. The predicted molar refractivity (Wildman–Crippen MR) is 82.7 cm³/mol. The largest absolute Gasteiger partial charge is 0.491 e. The van der Waals surface area contributed by atoms with Crippen LogP contribution in [0.5, 0.6) is 5.75 Å². The van der Waals surface area contributed by atoms with Crippen molar-refractivity contribution in [3.63, 3.8) is 0 Å². The fraction of sp³-hybridized carbons (Fsp3) is 0.312. The molecule has 3 rings (SSSR count). The van der Waals surface area contributed by atoms with E-state index in [9.17, 15) is 4.79 Å². The molecule has 0 saturated carbocycles. The molecular weight excluding hydrogens is 336 g/mol. The first kappa shape index (κ1) is 14.4. The Morgan fingerprint density at radius 3 is 2.76 bits per heavy atom. The van der Waals surface area contributed by atoms with Crippen LogP contribution < -0.4 is 4.74 Å². The first-order valence-corrected chi connectivity index (χ1v) is 7.61. The van der Waals surface area contributed by atoms with Crippen molar-refractivity contribution in [1.29, 1.82) is 0 Å². The lowest BCUT2D eigenvalue weighted by molar-refractivity contribution is -0.149. The molecule has 0 bridgehead atoms. The van der Waals surface area contributed by atoms with Crippen LogP contribution in [0.15, 0.2) is 40.9 Å². The highest BCUT2D eigenvalue weighted by atomic mass is 79.9. The SMILES string of the molecule is O=C(O)C1CCC(COc2ccc3cc(Br)ccc3c2)O1. The summed E-state index contributed by atoms with van der Waals surface area (Å²) < 4.78 is 12.2. The lowest BCUT2D eigenvalue weighted by Crippen LogP contribution is -2.23. The van der Waals surface area contributed by atoms with Crippen molar-refractivity contribution >= 4 is 32.7 Å². The van der Waals surface area contributed by atoms with Crippen LogP contribution in [0.4, 0.5) is 0 Å². The molecule has 1 heterocycles.